The van der Waals surface area contributed by atoms with E-state index in [2.05, 4.69) is 4.98 Å². The predicted octanol–water partition coefficient (Wildman–Crippen LogP) is -0.699. The molecule has 0 fully saturated rings. The minimum absolute atomic E-state index is 0.199. The largest absolute Gasteiger partial charge is 0.477 e. The van der Waals surface area contributed by atoms with Gasteiger partial charge >= 0.3 is 16.2 Å². The van der Waals surface area contributed by atoms with Crippen LogP contribution in [-0.2, 0) is 10.2 Å². The minimum atomic E-state index is -4.18. The fourth-order valence-electron chi connectivity index (χ4n) is 1.71. The van der Waals surface area contributed by atoms with Crippen molar-refractivity contribution in [2.45, 2.75) is 0 Å². The Hall–Kier alpha value is -2.39. The van der Waals surface area contributed by atoms with Crippen molar-refractivity contribution in [1.82, 2.24) is 3.97 Å². The summed E-state index contributed by atoms with van der Waals surface area (Å²) in [6, 6.07) is 2.86. The molecule has 2 rings (SSSR count). The Morgan fingerprint density at radius 2 is 2.05 bits per heavy atom. The van der Waals surface area contributed by atoms with Crippen LogP contribution in [0.5, 0.6) is 0 Å². The highest BCUT2D eigenvalue weighted by atomic mass is 32.2. The summed E-state index contributed by atoms with van der Waals surface area (Å²) in [4.78, 5) is 14.0. The second-order valence-corrected chi connectivity index (χ2v) is 5.20. The van der Waals surface area contributed by atoms with E-state index in [4.69, 9.17) is 16.0 Å². The van der Waals surface area contributed by atoms with Gasteiger partial charge in [-0.25, -0.2) is 18.9 Å². The molecular weight excluding hydrogens is 272 g/mol. The molecule has 2 heterocycles. The summed E-state index contributed by atoms with van der Waals surface area (Å²) in [5.74, 6) is -1.41. The molecule has 0 radical (unpaired) electrons. The molecule has 0 amide bonds. The number of hydrogen-bond acceptors (Lipinski definition) is 4. The highest BCUT2D eigenvalue weighted by Crippen LogP contribution is 2.25. The van der Waals surface area contributed by atoms with Crippen molar-refractivity contribution in [3.8, 4) is 11.1 Å². The van der Waals surface area contributed by atoms with Crippen LogP contribution in [0.2, 0.25) is 0 Å². The van der Waals surface area contributed by atoms with Crippen LogP contribution in [0, 0.1) is 0 Å². The molecule has 19 heavy (non-hydrogen) atoms. The van der Waals surface area contributed by atoms with E-state index in [0.717, 1.165) is 6.20 Å². The van der Waals surface area contributed by atoms with Crippen molar-refractivity contribution in [2.75, 3.05) is 5.73 Å². The lowest BCUT2D eigenvalue weighted by Crippen LogP contribution is -2.25. The molecular formula is C10H11N4O4S+. The lowest BCUT2D eigenvalue weighted by Gasteiger charge is -2.04. The predicted molar refractivity (Wildman–Crippen MR) is 66.3 cm³/mol. The second kappa shape index (κ2) is 4.37. The Morgan fingerprint density at radius 3 is 2.58 bits per heavy atom. The number of hydrogen-bond donors (Lipinski definition) is 3. The number of nitrogen functional groups attached to an aromatic ring is 1. The van der Waals surface area contributed by atoms with Crippen LogP contribution >= 0.6 is 0 Å². The van der Waals surface area contributed by atoms with Gasteiger partial charge in [0.2, 0.25) is 0 Å². The Labute approximate surface area is 108 Å². The Bertz CT molecular complexity index is 751. The number of aromatic amines is 1. The first kappa shape index (κ1) is 13.1. The molecule has 0 aromatic carbocycles. The zero-order valence-corrected chi connectivity index (χ0v) is 10.4. The third kappa shape index (κ3) is 2.41. The molecule has 2 aromatic heterocycles. The average Bonchev–Trinajstić information content (AvgIpc) is 2.72. The van der Waals surface area contributed by atoms with Gasteiger partial charge in [-0.05, 0) is 12.1 Å². The summed E-state index contributed by atoms with van der Waals surface area (Å²) in [7, 11) is -4.18. The summed E-state index contributed by atoms with van der Waals surface area (Å²) >= 11 is 0. The van der Waals surface area contributed by atoms with Crippen LogP contribution < -0.4 is 15.9 Å². The molecule has 8 nitrogen and oxygen atoms in total. The van der Waals surface area contributed by atoms with E-state index in [1.54, 1.807) is 0 Å². The number of nitrogens with zero attached hydrogens (tertiary/aromatic N) is 1. The number of carbonyl (C=O) groups is 1. The van der Waals surface area contributed by atoms with Crippen molar-refractivity contribution in [3.63, 3.8) is 0 Å². The van der Waals surface area contributed by atoms with E-state index >= 15 is 0 Å². The first-order valence-corrected chi connectivity index (χ1v) is 6.56. The smallest absolute Gasteiger partial charge is 0.354 e. The molecule has 6 N–H and O–H groups in total. The van der Waals surface area contributed by atoms with Gasteiger partial charge in [-0.2, -0.15) is 8.42 Å². The fraction of sp³-hybridized carbons (Fsp3) is 0. The Kier molecular flexibility index (Phi) is 3.00. The molecule has 0 unspecified atom stereocenters. The van der Waals surface area contributed by atoms with Crippen molar-refractivity contribution in [3.05, 3.63) is 36.4 Å². The van der Waals surface area contributed by atoms with Crippen molar-refractivity contribution < 1.29 is 23.3 Å². The molecule has 0 spiro atoms. The fourth-order valence-corrected chi connectivity index (χ4v) is 2.38. The number of pyridine rings is 1. The van der Waals surface area contributed by atoms with Gasteiger partial charge in [-0.1, -0.05) is 0 Å². The summed E-state index contributed by atoms with van der Waals surface area (Å²) < 4.78 is 23.1. The van der Waals surface area contributed by atoms with E-state index in [0.29, 0.717) is 15.2 Å². The lowest BCUT2D eigenvalue weighted by atomic mass is 10.1. The average molecular weight is 283 g/mol. The van der Waals surface area contributed by atoms with Gasteiger partial charge in [0.05, 0.1) is 11.3 Å². The van der Waals surface area contributed by atoms with Gasteiger partial charge in [0.25, 0.3) is 0 Å². The molecule has 0 bridgehead atoms. The summed E-state index contributed by atoms with van der Waals surface area (Å²) in [6.07, 6.45) is 4.10. The topological polar surface area (TPSA) is 143 Å². The maximum absolute atomic E-state index is 11.3. The molecule has 9 heteroatoms. The maximum atomic E-state index is 11.3. The SMILES string of the molecule is Nc1c[nH+]cc(-c2ccn(S(N)(=O)=O)c2C(=O)O)c1. The summed E-state index contributed by atoms with van der Waals surface area (Å²) in [6.45, 7) is 0. The van der Waals surface area contributed by atoms with E-state index in [9.17, 15) is 13.2 Å². The number of carboxylic acids is 1. The quantitative estimate of drug-likeness (QED) is 0.682. The highest BCUT2D eigenvalue weighted by molar-refractivity contribution is 7.87. The number of aromatic carboxylic acids is 1. The van der Waals surface area contributed by atoms with Gasteiger partial charge < -0.3 is 10.8 Å². The zero-order chi connectivity index (χ0) is 14.2. The van der Waals surface area contributed by atoms with Crippen LogP contribution in [0.1, 0.15) is 10.5 Å². The minimum Gasteiger partial charge on any atom is -0.477 e. The monoisotopic (exact) mass is 283 g/mol. The van der Waals surface area contributed by atoms with E-state index in [-0.39, 0.29) is 5.56 Å². The number of anilines is 1. The second-order valence-electron chi connectivity index (χ2n) is 3.78. The molecule has 2 aromatic rings. The van der Waals surface area contributed by atoms with Crippen molar-refractivity contribution in [2.24, 2.45) is 5.14 Å². The van der Waals surface area contributed by atoms with Crippen molar-refractivity contribution >= 4 is 21.9 Å². The highest BCUT2D eigenvalue weighted by Gasteiger charge is 2.23. The molecule has 0 saturated heterocycles. The first-order chi connectivity index (χ1) is 8.80. The molecule has 0 saturated carbocycles. The number of aromatic nitrogens is 2. The standard InChI is InChI=1S/C10H10N4O4S/c11-7-3-6(4-13-5-7)8-1-2-14(19(12,17)18)9(8)10(15)16/h1-5H,11H2,(H,15,16)(H2,12,17,18)/p+1. The van der Waals surface area contributed by atoms with E-state index < -0.39 is 21.9 Å². The molecule has 100 valence electrons. The normalized spacial score (nSPS) is 11.4. The molecule has 0 aliphatic carbocycles. The van der Waals surface area contributed by atoms with E-state index in [1.165, 1.54) is 24.5 Å². The van der Waals surface area contributed by atoms with Gasteiger partial charge in [-0.15, -0.1) is 0 Å². The zero-order valence-electron chi connectivity index (χ0n) is 9.57. The van der Waals surface area contributed by atoms with Crippen LogP contribution in [0.3, 0.4) is 0 Å². The summed E-state index contributed by atoms with van der Waals surface area (Å²) in [5, 5.41) is 14.1. The molecule has 0 aliphatic rings. The van der Waals surface area contributed by atoms with Crippen LogP contribution in [0.25, 0.3) is 11.1 Å². The summed E-state index contributed by atoms with van der Waals surface area (Å²) in [5.41, 5.74) is 6.17. The Morgan fingerprint density at radius 1 is 1.37 bits per heavy atom. The third-order valence-electron chi connectivity index (χ3n) is 2.45. The number of nitrogens with one attached hydrogen (secondary N) is 1. The van der Waals surface area contributed by atoms with Gasteiger partial charge in [-0.3, -0.25) is 0 Å². The van der Waals surface area contributed by atoms with Crippen LogP contribution in [-0.4, -0.2) is 23.5 Å². The molecule has 0 aliphatic heterocycles. The van der Waals surface area contributed by atoms with E-state index in [1.807, 2.05) is 0 Å². The number of H-pyrrole nitrogens is 1. The number of carboxylic acid groups (broad SMARTS) is 1. The first-order valence-electron chi connectivity index (χ1n) is 5.05. The van der Waals surface area contributed by atoms with Crippen molar-refractivity contribution in [1.29, 1.82) is 0 Å². The third-order valence-corrected chi connectivity index (χ3v) is 3.30. The Balaban J connectivity index is 2.73. The number of nitrogens with two attached hydrogens (primary N) is 2. The van der Waals surface area contributed by atoms with Gasteiger partial charge in [0.15, 0.2) is 18.1 Å². The van der Waals surface area contributed by atoms with Gasteiger partial charge in [0, 0.05) is 11.8 Å². The van der Waals surface area contributed by atoms with Crippen LogP contribution in [0.15, 0.2) is 30.7 Å². The number of rotatable bonds is 3. The maximum Gasteiger partial charge on any atom is 0.354 e. The van der Waals surface area contributed by atoms with Gasteiger partial charge in [0.1, 0.15) is 0 Å². The van der Waals surface area contributed by atoms with Crippen LogP contribution in [0.4, 0.5) is 5.69 Å². The lowest BCUT2D eigenvalue weighted by molar-refractivity contribution is -0.376. The molecule has 0 atom stereocenters.